The summed E-state index contributed by atoms with van der Waals surface area (Å²) in [6.45, 7) is 3.67. The number of amides is 1. The Morgan fingerprint density at radius 1 is 1.00 bits per heavy atom. The standard InChI is InChI=1S/C25H29N3O4S/c1-16-23(33-25(26-16)17-5-10-21(31-3)22(15-17)32-4)24(29)27-18-11-13-28(14-12-18)19-6-8-20(30-2)9-7-19/h5-10,15,18H,11-14H2,1-4H3,(H,27,29). The Morgan fingerprint density at radius 3 is 2.33 bits per heavy atom. The van der Waals surface area contributed by atoms with Gasteiger partial charge in [-0.1, -0.05) is 0 Å². The van der Waals surface area contributed by atoms with Gasteiger partial charge in [0.2, 0.25) is 0 Å². The third kappa shape index (κ3) is 5.06. The molecule has 2 heterocycles. The van der Waals surface area contributed by atoms with Crippen molar-refractivity contribution in [1.82, 2.24) is 10.3 Å². The van der Waals surface area contributed by atoms with E-state index in [1.54, 1.807) is 21.3 Å². The number of carbonyl (C=O) groups excluding carboxylic acids is 1. The lowest BCUT2D eigenvalue weighted by atomic mass is 10.0. The van der Waals surface area contributed by atoms with Crippen LogP contribution >= 0.6 is 11.3 Å². The SMILES string of the molecule is COc1ccc(N2CCC(NC(=O)c3sc(-c4ccc(OC)c(OC)c4)nc3C)CC2)cc1. The van der Waals surface area contributed by atoms with Crippen LogP contribution in [0, 0.1) is 6.92 Å². The zero-order valence-electron chi connectivity index (χ0n) is 19.4. The van der Waals surface area contributed by atoms with Gasteiger partial charge in [-0.05, 0) is 62.2 Å². The van der Waals surface area contributed by atoms with E-state index in [9.17, 15) is 4.79 Å². The molecule has 1 amide bonds. The van der Waals surface area contributed by atoms with Gasteiger partial charge in [-0.3, -0.25) is 4.79 Å². The minimum absolute atomic E-state index is 0.0559. The van der Waals surface area contributed by atoms with Gasteiger partial charge >= 0.3 is 0 Å². The molecule has 1 N–H and O–H groups in total. The molecule has 0 bridgehead atoms. The summed E-state index contributed by atoms with van der Waals surface area (Å²) in [5.41, 5.74) is 2.81. The van der Waals surface area contributed by atoms with Gasteiger partial charge in [-0.2, -0.15) is 0 Å². The van der Waals surface area contributed by atoms with Gasteiger partial charge in [0.15, 0.2) is 11.5 Å². The summed E-state index contributed by atoms with van der Waals surface area (Å²) in [6.07, 6.45) is 1.80. The number of hydrogen-bond donors (Lipinski definition) is 1. The number of ether oxygens (including phenoxy) is 3. The molecule has 3 aromatic rings. The molecule has 1 fully saturated rings. The second-order valence-electron chi connectivity index (χ2n) is 7.94. The highest BCUT2D eigenvalue weighted by atomic mass is 32.1. The molecule has 4 rings (SSSR count). The van der Waals surface area contributed by atoms with E-state index in [1.165, 1.54) is 17.0 Å². The fourth-order valence-corrected chi connectivity index (χ4v) is 4.99. The van der Waals surface area contributed by atoms with Gasteiger partial charge in [0.05, 0.1) is 27.0 Å². The van der Waals surface area contributed by atoms with Crippen molar-refractivity contribution >= 4 is 22.9 Å². The summed E-state index contributed by atoms with van der Waals surface area (Å²) in [7, 11) is 4.88. The Bertz CT molecular complexity index is 1110. The van der Waals surface area contributed by atoms with Crippen molar-refractivity contribution in [3.8, 4) is 27.8 Å². The quantitative estimate of drug-likeness (QED) is 0.550. The van der Waals surface area contributed by atoms with Crippen molar-refractivity contribution in [3.05, 3.63) is 53.0 Å². The number of nitrogens with zero attached hydrogens (tertiary/aromatic N) is 2. The minimum Gasteiger partial charge on any atom is -0.497 e. The number of methoxy groups -OCH3 is 3. The van der Waals surface area contributed by atoms with Crippen molar-refractivity contribution in [2.75, 3.05) is 39.3 Å². The normalized spacial score (nSPS) is 14.1. The van der Waals surface area contributed by atoms with Gasteiger partial charge in [0, 0.05) is 30.4 Å². The number of piperidine rings is 1. The molecule has 0 radical (unpaired) electrons. The van der Waals surface area contributed by atoms with Crippen molar-refractivity contribution in [1.29, 1.82) is 0 Å². The third-order valence-electron chi connectivity index (χ3n) is 5.90. The first kappa shape index (κ1) is 22.9. The summed E-state index contributed by atoms with van der Waals surface area (Å²) in [5, 5.41) is 4.00. The molecule has 33 heavy (non-hydrogen) atoms. The fourth-order valence-electron chi connectivity index (χ4n) is 4.03. The van der Waals surface area contributed by atoms with Crippen molar-refractivity contribution in [2.24, 2.45) is 0 Å². The smallest absolute Gasteiger partial charge is 0.263 e. The van der Waals surface area contributed by atoms with Gasteiger partial charge in [0.25, 0.3) is 5.91 Å². The van der Waals surface area contributed by atoms with E-state index >= 15 is 0 Å². The lowest BCUT2D eigenvalue weighted by Crippen LogP contribution is -2.44. The van der Waals surface area contributed by atoms with E-state index in [2.05, 4.69) is 27.3 Å². The zero-order chi connectivity index (χ0) is 23.4. The molecule has 0 aliphatic carbocycles. The Morgan fingerprint density at radius 2 is 1.70 bits per heavy atom. The van der Waals surface area contributed by atoms with Crippen LogP contribution in [0.2, 0.25) is 0 Å². The number of anilines is 1. The van der Waals surface area contributed by atoms with Crippen LogP contribution in [0.25, 0.3) is 10.6 Å². The predicted octanol–water partition coefficient (Wildman–Crippen LogP) is 4.54. The highest BCUT2D eigenvalue weighted by molar-refractivity contribution is 7.17. The Labute approximate surface area is 198 Å². The molecule has 174 valence electrons. The number of aromatic nitrogens is 1. The third-order valence-corrected chi connectivity index (χ3v) is 7.11. The van der Waals surface area contributed by atoms with E-state index in [1.807, 2.05) is 37.3 Å². The van der Waals surface area contributed by atoms with Gasteiger partial charge in [0.1, 0.15) is 15.6 Å². The van der Waals surface area contributed by atoms with Crippen LogP contribution in [0.1, 0.15) is 28.2 Å². The lowest BCUT2D eigenvalue weighted by molar-refractivity contribution is 0.0934. The Kier molecular flexibility index (Phi) is 7.03. The molecule has 1 aliphatic heterocycles. The Balaban J connectivity index is 1.39. The number of thiazole rings is 1. The largest absolute Gasteiger partial charge is 0.497 e. The number of benzene rings is 2. The highest BCUT2D eigenvalue weighted by Gasteiger charge is 2.24. The fraction of sp³-hybridized carbons (Fsp3) is 0.360. The predicted molar refractivity (Wildman–Crippen MR) is 131 cm³/mol. The monoisotopic (exact) mass is 467 g/mol. The zero-order valence-corrected chi connectivity index (χ0v) is 20.2. The number of aryl methyl sites for hydroxylation is 1. The van der Waals surface area contributed by atoms with Crippen molar-refractivity contribution in [2.45, 2.75) is 25.8 Å². The molecule has 1 saturated heterocycles. The van der Waals surface area contributed by atoms with Gasteiger partial charge in [-0.25, -0.2) is 4.98 Å². The summed E-state index contributed by atoms with van der Waals surface area (Å²) in [4.78, 5) is 20.6. The summed E-state index contributed by atoms with van der Waals surface area (Å²) < 4.78 is 15.9. The van der Waals surface area contributed by atoms with Gasteiger partial charge in [-0.15, -0.1) is 11.3 Å². The first-order valence-electron chi connectivity index (χ1n) is 10.9. The molecule has 8 heteroatoms. The van der Waals surface area contributed by atoms with Gasteiger partial charge < -0.3 is 24.4 Å². The summed E-state index contributed by atoms with van der Waals surface area (Å²) >= 11 is 1.40. The molecule has 0 unspecified atom stereocenters. The Hall–Kier alpha value is -3.26. The first-order chi connectivity index (χ1) is 16.0. The second-order valence-corrected chi connectivity index (χ2v) is 8.94. The second kappa shape index (κ2) is 10.1. The number of rotatable bonds is 7. The van der Waals surface area contributed by atoms with E-state index < -0.39 is 0 Å². The first-order valence-corrected chi connectivity index (χ1v) is 11.7. The maximum Gasteiger partial charge on any atom is 0.263 e. The minimum atomic E-state index is -0.0559. The maximum atomic E-state index is 13.0. The molecular formula is C25H29N3O4S. The van der Waals surface area contributed by atoms with Crippen molar-refractivity contribution < 1.29 is 19.0 Å². The topological polar surface area (TPSA) is 72.9 Å². The molecule has 1 aliphatic rings. The molecule has 1 aromatic heterocycles. The number of nitrogens with one attached hydrogen (secondary N) is 1. The van der Waals surface area contributed by atoms with Crippen LogP contribution in [0.3, 0.4) is 0 Å². The van der Waals surface area contributed by atoms with Crippen LogP contribution in [-0.2, 0) is 0 Å². The van der Waals surface area contributed by atoms with Crippen LogP contribution < -0.4 is 24.4 Å². The molecule has 2 aromatic carbocycles. The summed E-state index contributed by atoms with van der Waals surface area (Å²) in [6, 6.07) is 13.9. The molecule has 7 nitrogen and oxygen atoms in total. The molecule has 0 spiro atoms. The van der Waals surface area contributed by atoms with E-state index in [4.69, 9.17) is 14.2 Å². The van der Waals surface area contributed by atoms with Crippen LogP contribution in [0.4, 0.5) is 5.69 Å². The number of carbonyl (C=O) groups is 1. The average molecular weight is 468 g/mol. The maximum absolute atomic E-state index is 13.0. The van der Waals surface area contributed by atoms with Crippen LogP contribution in [-0.4, -0.2) is 51.4 Å². The van der Waals surface area contributed by atoms with Crippen molar-refractivity contribution in [3.63, 3.8) is 0 Å². The summed E-state index contributed by atoms with van der Waals surface area (Å²) in [5.74, 6) is 2.10. The van der Waals surface area contributed by atoms with E-state index in [-0.39, 0.29) is 11.9 Å². The van der Waals surface area contributed by atoms with Crippen LogP contribution in [0.15, 0.2) is 42.5 Å². The molecular weight excluding hydrogens is 438 g/mol. The average Bonchev–Trinajstić information content (AvgIpc) is 3.25. The molecule has 0 atom stereocenters. The highest BCUT2D eigenvalue weighted by Crippen LogP contribution is 2.35. The van der Waals surface area contributed by atoms with E-state index in [0.717, 1.165) is 47.9 Å². The number of hydrogen-bond acceptors (Lipinski definition) is 7. The van der Waals surface area contributed by atoms with Crippen LogP contribution in [0.5, 0.6) is 17.2 Å². The molecule has 0 saturated carbocycles. The lowest BCUT2D eigenvalue weighted by Gasteiger charge is -2.34. The van der Waals surface area contributed by atoms with E-state index in [0.29, 0.717) is 16.4 Å².